The van der Waals surface area contributed by atoms with E-state index in [1.165, 1.54) is 5.56 Å². The average molecular weight is 822 g/mol. The summed E-state index contributed by atoms with van der Waals surface area (Å²) in [7, 11) is 0. The zero-order valence-electron chi connectivity index (χ0n) is 38.5. The zero-order valence-corrected chi connectivity index (χ0v) is 34.5. The van der Waals surface area contributed by atoms with E-state index in [9.17, 15) is 5.48 Å². The molecule has 13 rings (SSSR count). The van der Waals surface area contributed by atoms with Gasteiger partial charge >= 0.3 is 0 Å². The van der Waals surface area contributed by atoms with Crippen molar-refractivity contribution in [2.24, 2.45) is 0 Å². The Morgan fingerprint density at radius 1 is 0.328 bits per heavy atom. The van der Waals surface area contributed by atoms with Crippen LogP contribution in [0.3, 0.4) is 0 Å². The molecule has 0 N–H and O–H groups in total. The van der Waals surface area contributed by atoms with Crippen LogP contribution in [-0.2, 0) is 5.41 Å². The van der Waals surface area contributed by atoms with Crippen LogP contribution in [0, 0.1) is 0 Å². The molecule has 0 saturated carbocycles. The van der Waals surface area contributed by atoms with Gasteiger partial charge in [0.1, 0.15) is 22.3 Å². The summed E-state index contributed by atoms with van der Waals surface area (Å²) in [6, 6.07) is 71.4. The standard InChI is InChI=1S/C61H39NO2/c1-3-13-44(14-4-1)61(45-15-5-2-6-16-45)55-20-10-7-17-49(55)50-34-33-48(39-56(50)61)62(46-29-23-40(24-30-46)42-27-35-59-53(37-42)51-18-8-11-21-57(51)63-59)47-31-25-41(26-32-47)43-28-36-60-54(38-43)52-19-9-12-22-58(52)64-60/h1-39H/i23D,24D,29D,30D. The molecule has 0 bridgehead atoms. The van der Waals surface area contributed by atoms with Crippen molar-refractivity contribution in [3.05, 3.63) is 259 Å². The van der Waals surface area contributed by atoms with Crippen LogP contribution >= 0.6 is 0 Å². The molecule has 0 atom stereocenters. The second-order valence-electron chi connectivity index (χ2n) is 16.5. The molecule has 0 aliphatic heterocycles. The Morgan fingerprint density at radius 3 is 1.44 bits per heavy atom. The predicted molar refractivity (Wildman–Crippen MR) is 264 cm³/mol. The molecule has 2 heterocycles. The Balaban J connectivity index is 1.03. The van der Waals surface area contributed by atoms with Crippen molar-refractivity contribution < 1.29 is 14.3 Å². The molecule has 2 aromatic heterocycles. The van der Waals surface area contributed by atoms with Crippen molar-refractivity contribution in [3.63, 3.8) is 0 Å². The first kappa shape index (κ1) is 32.3. The van der Waals surface area contributed by atoms with Gasteiger partial charge in [-0.3, -0.25) is 0 Å². The van der Waals surface area contributed by atoms with Crippen LogP contribution in [0.2, 0.25) is 0 Å². The van der Waals surface area contributed by atoms with Crippen LogP contribution in [-0.4, -0.2) is 0 Å². The van der Waals surface area contributed by atoms with Gasteiger partial charge in [0, 0.05) is 38.6 Å². The maximum atomic E-state index is 9.87. The van der Waals surface area contributed by atoms with Gasteiger partial charge in [-0.15, -0.1) is 0 Å². The van der Waals surface area contributed by atoms with Crippen LogP contribution in [0.4, 0.5) is 17.1 Å². The summed E-state index contributed by atoms with van der Waals surface area (Å²) in [5.74, 6) is 0. The summed E-state index contributed by atoms with van der Waals surface area (Å²) < 4.78 is 51.3. The number of hydrogen-bond acceptors (Lipinski definition) is 3. The lowest BCUT2D eigenvalue weighted by atomic mass is 9.67. The normalized spacial score (nSPS) is 13.7. The van der Waals surface area contributed by atoms with Crippen LogP contribution in [0.25, 0.3) is 77.3 Å². The van der Waals surface area contributed by atoms with Crippen LogP contribution < -0.4 is 4.90 Å². The molecule has 0 saturated heterocycles. The fraction of sp³-hybridized carbons (Fsp3) is 0.0164. The van der Waals surface area contributed by atoms with Gasteiger partial charge < -0.3 is 13.7 Å². The first-order chi connectivity index (χ1) is 33.4. The first-order valence-corrected chi connectivity index (χ1v) is 21.6. The summed E-state index contributed by atoms with van der Waals surface area (Å²) in [5.41, 5.74) is 13.4. The maximum absolute atomic E-state index is 9.87. The van der Waals surface area contributed by atoms with Crippen molar-refractivity contribution in [2.75, 3.05) is 4.90 Å². The third kappa shape index (κ3) is 5.54. The highest BCUT2D eigenvalue weighted by Gasteiger charge is 2.46. The smallest absolute Gasteiger partial charge is 0.135 e. The first-order valence-electron chi connectivity index (χ1n) is 23.6. The SMILES string of the molecule is [2H]c1c([2H])c(N(c2ccc(-c3ccc4oc5ccccc5c4c3)cc2)c2ccc3c(c2)C(c2ccccc2)(c2ccccc2)c2ccccc2-3)c([2H])c([2H])c1-c1ccc2oc3ccccc3c2c1. The number of para-hydroxylation sites is 2. The molecule has 0 radical (unpaired) electrons. The molecular formula is C61H39NO2. The van der Waals surface area contributed by atoms with Crippen LogP contribution in [0.1, 0.15) is 27.7 Å². The van der Waals surface area contributed by atoms with Crippen LogP contribution in [0.15, 0.2) is 245 Å². The lowest BCUT2D eigenvalue weighted by molar-refractivity contribution is 0.668. The fourth-order valence-electron chi connectivity index (χ4n) is 10.1. The number of benzene rings is 10. The molecular weight excluding hydrogens is 779 g/mol. The highest BCUT2D eigenvalue weighted by molar-refractivity contribution is 6.07. The van der Waals surface area contributed by atoms with Gasteiger partial charge in [0.25, 0.3) is 0 Å². The Bertz CT molecular complexity index is 3900. The molecule has 0 unspecified atom stereocenters. The largest absolute Gasteiger partial charge is 0.456 e. The summed E-state index contributed by atoms with van der Waals surface area (Å²) in [4.78, 5) is 1.90. The Hall–Kier alpha value is -8.40. The molecule has 12 aromatic rings. The second kappa shape index (κ2) is 14.3. The van der Waals surface area contributed by atoms with Gasteiger partial charge in [0.2, 0.25) is 0 Å². The average Bonchev–Trinajstić information content (AvgIpc) is 4.05. The second-order valence-corrected chi connectivity index (χ2v) is 16.5. The van der Waals surface area contributed by atoms with E-state index in [-0.39, 0.29) is 35.4 Å². The summed E-state index contributed by atoms with van der Waals surface area (Å²) in [6.07, 6.45) is 0. The molecule has 0 fully saturated rings. The number of hydrogen-bond donors (Lipinski definition) is 0. The highest BCUT2D eigenvalue weighted by atomic mass is 16.3. The van der Waals surface area contributed by atoms with Crippen molar-refractivity contribution in [3.8, 4) is 33.4 Å². The summed E-state index contributed by atoms with van der Waals surface area (Å²) >= 11 is 0. The Kier molecular flexibility index (Phi) is 7.24. The number of furan rings is 2. The van der Waals surface area contributed by atoms with Gasteiger partial charge in [-0.25, -0.2) is 0 Å². The van der Waals surface area contributed by atoms with Gasteiger partial charge in [-0.05, 0) is 128 Å². The van der Waals surface area contributed by atoms with E-state index in [0.29, 0.717) is 22.5 Å². The van der Waals surface area contributed by atoms with Gasteiger partial charge in [-0.1, -0.05) is 164 Å². The molecule has 300 valence electrons. The number of nitrogens with zero attached hydrogens (tertiary/aromatic N) is 1. The minimum absolute atomic E-state index is 0.133. The van der Waals surface area contributed by atoms with Crippen LogP contribution in [0.5, 0.6) is 0 Å². The molecule has 0 amide bonds. The van der Waals surface area contributed by atoms with E-state index in [2.05, 4.69) is 115 Å². The topological polar surface area (TPSA) is 29.5 Å². The van der Waals surface area contributed by atoms with Crippen molar-refractivity contribution in [1.29, 1.82) is 0 Å². The molecule has 1 aliphatic carbocycles. The third-order valence-electron chi connectivity index (χ3n) is 13.0. The number of fused-ring (bicyclic) bond motifs is 9. The predicted octanol–water partition coefficient (Wildman–Crippen LogP) is 16.7. The van der Waals surface area contributed by atoms with E-state index in [1.54, 1.807) is 0 Å². The number of anilines is 3. The molecule has 3 nitrogen and oxygen atoms in total. The third-order valence-corrected chi connectivity index (χ3v) is 13.0. The lowest BCUT2D eigenvalue weighted by Gasteiger charge is -2.35. The molecule has 0 spiro atoms. The lowest BCUT2D eigenvalue weighted by Crippen LogP contribution is -2.28. The molecule has 64 heavy (non-hydrogen) atoms. The van der Waals surface area contributed by atoms with Crippen molar-refractivity contribution >= 4 is 60.9 Å². The number of rotatable bonds is 7. The zero-order chi connectivity index (χ0) is 45.7. The molecule has 10 aromatic carbocycles. The minimum Gasteiger partial charge on any atom is -0.456 e. The monoisotopic (exact) mass is 821 g/mol. The Labute approximate surface area is 376 Å². The van der Waals surface area contributed by atoms with E-state index in [1.807, 2.05) is 102 Å². The minimum atomic E-state index is -0.704. The summed E-state index contributed by atoms with van der Waals surface area (Å²) in [6.45, 7) is 0. The van der Waals surface area contributed by atoms with Gasteiger partial charge in [0.05, 0.1) is 10.9 Å². The quantitative estimate of drug-likeness (QED) is 0.160. The van der Waals surface area contributed by atoms with E-state index >= 15 is 0 Å². The van der Waals surface area contributed by atoms with Crippen molar-refractivity contribution in [2.45, 2.75) is 5.41 Å². The van der Waals surface area contributed by atoms with E-state index in [0.717, 1.165) is 77.2 Å². The van der Waals surface area contributed by atoms with Crippen molar-refractivity contribution in [1.82, 2.24) is 0 Å². The van der Waals surface area contributed by atoms with E-state index in [4.69, 9.17) is 8.83 Å². The van der Waals surface area contributed by atoms with Gasteiger partial charge in [0.15, 0.2) is 0 Å². The summed E-state index contributed by atoms with van der Waals surface area (Å²) in [5, 5.41) is 3.86. The van der Waals surface area contributed by atoms with E-state index < -0.39 is 5.41 Å². The highest BCUT2D eigenvalue weighted by Crippen LogP contribution is 2.57. The Morgan fingerprint density at radius 2 is 0.812 bits per heavy atom. The maximum Gasteiger partial charge on any atom is 0.135 e. The molecule has 1 aliphatic rings. The molecule has 3 heteroatoms. The fourth-order valence-corrected chi connectivity index (χ4v) is 10.1. The van der Waals surface area contributed by atoms with Gasteiger partial charge in [-0.2, -0.15) is 0 Å².